The molecular weight excluding hydrogens is 382 g/mol. The van der Waals surface area contributed by atoms with Crippen LogP contribution < -0.4 is 15.5 Å². The van der Waals surface area contributed by atoms with Crippen LogP contribution in [-0.2, 0) is 6.61 Å². The van der Waals surface area contributed by atoms with Gasteiger partial charge in [-0.05, 0) is 48.4 Å². The van der Waals surface area contributed by atoms with E-state index in [0.717, 1.165) is 11.1 Å². The fourth-order valence-electron chi connectivity index (χ4n) is 2.65. The standard InChI is InChI=1S/C23H21N3O4/c1-16-6-2-4-8-20(16)25-23(29)26-24-14-19-7-3-5-9-21(19)30-15-17-10-12-18(13-11-17)22(27)28/h2-14H,15H2,1H3,(H,27,28)(H2,25,26,29)/b24-14+. The highest BCUT2D eigenvalue weighted by molar-refractivity contribution is 5.91. The lowest BCUT2D eigenvalue weighted by molar-refractivity contribution is 0.0697. The molecule has 0 unspecified atom stereocenters. The monoisotopic (exact) mass is 403 g/mol. The zero-order valence-electron chi connectivity index (χ0n) is 16.3. The van der Waals surface area contributed by atoms with Gasteiger partial charge in [-0.3, -0.25) is 0 Å². The molecule has 3 rings (SSSR count). The summed E-state index contributed by atoms with van der Waals surface area (Å²) in [5, 5.41) is 15.7. The number of carbonyl (C=O) groups excluding carboxylic acids is 1. The van der Waals surface area contributed by atoms with E-state index in [1.54, 1.807) is 18.2 Å². The van der Waals surface area contributed by atoms with Crippen LogP contribution in [0.15, 0.2) is 77.9 Å². The number of nitrogens with zero attached hydrogens (tertiary/aromatic N) is 1. The number of aromatic carboxylic acids is 1. The van der Waals surface area contributed by atoms with Crippen LogP contribution in [-0.4, -0.2) is 23.3 Å². The van der Waals surface area contributed by atoms with Gasteiger partial charge in [0.2, 0.25) is 0 Å². The van der Waals surface area contributed by atoms with Crippen molar-refractivity contribution in [1.29, 1.82) is 0 Å². The highest BCUT2D eigenvalue weighted by Gasteiger charge is 2.05. The lowest BCUT2D eigenvalue weighted by Crippen LogP contribution is -2.24. The van der Waals surface area contributed by atoms with E-state index in [1.165, 1.54) is 18.3 Å². The number of amides is 2. The summed E-state index contributed by atoms with van der Waals surface area (Å²) in [4.78, 5) is 22.9. The highest BCUT2D eigenvalue weighted by Crippen LogP contribution is 2.18. The van der Waals surface area contributed by atoms with Crippen molar-refractivity contribution in [2.45, 2.75) is 13.5 Å². The molecule has 0 aliphatic heterocycles. The molecular formula is C23H21N3O4. The maximum atomic E-state index is 12.0. The van der Waals surface area contributed by atoms with Crippen molar-refractivity contribution in [2.24, 2.45) is 5.10 Å². The Balaban J connectivity index is 1.58. The highest BCUT2D eigenvalue weighted by atomic mass is 16.5. The minimum atomic E-state index is -0.969. The number of benzene rings is 3. The number of urea groups is 1. The van der Waals surface area contributed by atoms with E-state index in [0.29, 0.717) is 17.0 Å². The second kappa shape index (κ2) is 9.88. The van der Waals surface area contributed by atoms with Gasteiger partial charge in [-0.25, -0.2) is 15.0 Å². The first kappa shape index (κ1) is 20.6. The molecule has 0 aliphatic carbocycles. The van der Waals surface area contributed by atoms with Gasteiger partial charge in [0, 0.05) is 11.3 Å². The van der Waals surface area contributed by atoms with Crippen LogP contribution in [0.4, 0.5) is 10.5 Å². The number of nitrogens with one attached hydrogen (secondary N) is 2. The van der Waals surface area contributed by atoms with Crippen molar-refractivity contribution in [1.82, 2.24) is 5.43 Å². The van der Waals surface area contributed by atoms with Gasteiger partial charge in [0.05, 0.1) is 11.8 Å². The summed E-state index contributed by atoms with van der Waals surface area (Å²) in [5.74, 6) is -0.382. The molecule has 0 fully saturated rings. The summed E-state index contributed by atoms with van der Waals surface area (Å²) in [6.07, 6.45) is 1.50. The number of aryl methyl sites for hydroxylation is 1. The number of ether oxygens (including phenoxy) is 1. The number of hydrogen-bond acceptors (Lipinski definition) is 4. The van der Waals surface area contributed by atoms with Crippen LogP contribution in [0.5, 0.6) is 5.75 Å². The third-order valence-electron chi connectivity index (χ3n) is 4.28. The van der Waals surface area contributed by atoms with E-state index in [1.807, 2.05) is 49.4 Å². The molecule has 30 heavy (non-hydrogen) atoms. The van der Waals surface area contributed by atoms with E-state index in [-0.39, 0.29) is 12.2 Å². The summed E-state index contributed by atoms with van der Waals surface area (Å²) >= 11 is 0. The number of hydrazone groups is 1. The molecule has 0 atom stereocenters. The Labute approximate surface area is 174 Å². The third-order valence-corrected chi connectivity index (χ3v) is 4.28. The van der Waals surface area contributed by atoms with Crippen molar-refractivity contribution in [2.75, 3.05) is 5.32 Å². The van der Waals surface area contributed by atoms with E-state index >= 15 is 0 Å². The lowest BCUT2D eigenvalue weighted by Gasteiger charge is -2.09. The fourth-order valence-corrected chi connectivity index (χ4v) is 2.65. The number of carboxylic acid groups (broad SMARTS) is 1. The number of carbonyl (C=O) groups is 2. The first-order valence-corrected chi connectivity index (χ1v) is 9.22. The van der Waals surface area contributed by atoms with Crippen LogP contribution in [0, 0.1) is 6.92 Å². The molecule has 7 heteroatoms. The maximum Gasteiger partial charge on any atom is 0.339 e. The van der Waals surface area contributed by atoms with Crippen LogP contribution in [0.25, 0.3) is 0 Å². The molecule has 2 amide bonds. The van der Waals surface area contributed by atoms with E-state index < -0.39 is 12.0 Å². The molecule has 7 nitrogen and oxygen atoms in total. The average Bonchev–Trinajstić information content (AvgIpc) is 2.75. The van der Waals surface area contributed by atoms with E-state index in [2.05, 4.69) is 15.8 Å². The predicted octanol–water partition coefficient (Wildman–Crippen LogP) is 4.43. The molecule has 0 saturated heterocycles. The first-order chi connectivity index (χ1) is 14.5. The molecule has 152 valence electrons. The minimum absolute atomic E-state index is 0.223. The number of hydrogen-bond donors (Lipinski definition) is 3. The Morgan fingerprint density at radius 3 is 2.43 bits per heavy atom. The molecule has 0 heterocycles. The summed E-state index contributed by atoms with van der Waals surface area (Å²) in [6, 6.07) is 20.8. The Bertz CT molecular complexity index is 1060. The SMILES string of the molecule is Cc1ccccc1NC(=O)N/N=C/c1ccccc1OCc1ccc(C(=O)O)cc1. The van der Waals surface area contributed by atoms with Gasteiger partial charge in [0.25, 0.3) is 0 Å². The van der Waals surface area contributed by atoms with Crippen LogP contribution in [0.2, 0.25) is 0 Å². The van der Waals surface area contributed by atoms with Crippen molar-refractivity contribution < 1.29 is 19.4 Å². The quantitative estimate of drug-likeness (QED) is 0.401. The number of para-hydroxylation sites is 2. The Kier molecular flexibility index (Phi) is 6.78. The van der Waals surface area contributed by atoms with Gasteiger partial charge < -0.3 is 15.2 Å². The van der Waals surface area contributed by atoms with Gasteiger partial charge in [-0.15, -0.1) is 0 Å². The number of rotatable bonds is 7. The fraction of sp³-hybridized carbons (Fsp3) is 0.0870. The Hall–Kier alpha value is -4.13. The topological polar surface area (TPSA) is 100 Å². The Morgan fingerprint density at radius 2 is 1.70 bits per heavy atom. The van der Waals surface area contributed by atoms with Gasteiger partial charge in [0.15, 0.2) is 0 Å². The number of carboxylic acids is 1. The molecule has 3 aromatic carbocycles. The Morgan fingerprint density at radius 1 is 1.00 bits per heavy atom. The molecule has 0 spiro atoms. The second-order valence-corrected chi connectivity index (χ2v) is 6.47. The lowest BCUT2D eigenvalue weighted by atomic mass is 10.1. The van der Waals surface area contributed by atoms with Gasteiger partial charge >= 0.3 is 12.0 Å². The zero-order valence-corrected chi connectivity index (χ0v) is 16.3. The van der Waals surface area contributed by atoms with Crippen LogP contribution >= 0.6 is 0 Å². The number of anilines is 1. The summed E-state index contributed by atoms with van der Waals surface area (Å²) in [5.41, 5.74) is 5.84. The molecule has 0 aromatic heterocycles. The van der Waals surface area contributed by atoms with Gasteiger partial charge in [-0.2, -0.15) is 5.10 Å². The summed E-state index contributed by atoms with van der Waals surface area (Å²) < 4.78 is 5.83. The van der Waals surface area contributed by atoms with Crippen LogP contribution in [0.3, 0.4) is 0 Å². The van der Waals surface area contributed by atoms with Crippen molar-refractivity contribution in [3.05, 3.63) is 95.1 Å². The zero-order chi connectivity index (χ0) is 21.3. The van der Waals surface area contributed by atoms with Crippen molar-refractivity contribution in [3.8, 4) is 5.75 Å². The molecule has 0 saturated carbocycles. The van der Waals surface area contributed by atoms with Crippen LogP contribution in [0.1, 0.15) is 27.0 Å². The van der Waals surface area contributed by atoms with Crippen molar-refractivity contribution in [3.63, 3.8) is 0 Å². The van der Waals surface area contributed by atoms with Gasteiger partial charge in [0.1, 0.15) is 12.4 Å². The van der Waals surface area contributed by atoms with Crippen molar-refractivity contribution >= 4 is 23.9 Å². The predicted molar refractivity (Wildman–Crippen MR) is 115 cm³/mol. The summed E-state index contributed by atoms with van der Waals surface area (Å²) in [6.45, 7) is 2.17. The largest absolute Gasteiger partial charge is 0.488 e. The second-order valence-electron chi connectivity index (χ2n) is 6.47. The molecule has 3 aromatic rings. The normalized spacial score (nSPS) is 10.6. The van der Waals surface area contributed by atoms with E-state index in [4.69, 9.17) is 9.84 Å². The smallest absolute Gasteiger partial charge is 0.339 e. The maximum absolute atomic E-state index is 12.0. The molecule has 0 radical (unpaired) electrons. The average molecular weight is 403 g/mol. The first-order valence-electron chi connectivity index (χ1n) is 9.22. The molecule has 3 N–H and O–H groups in total. The minimum Gasteiger partial charge on any atom is -0.488 e. The molecule has 0 aliphatic rings. The van der Waals surface area contributed by atoms with E-state index in [9.17, 15) is 9.59 Å². The third kappa shape index (κ3) is 5.68. The van der Waals surface area contributed by atoms with Gasteiger partial charge in [-0.1, -0.05) is 42.5 Å². The molecule has 0 bridgehead atoms. The summed E-state index contributed by atoms with van der Waals surface area (Å²) in [7, 11) is 0.